The summed E-state index contributed by atoms with van der Waals surface area (Å²) in [5.74, 6) is 0.595. The molecule has 168 valence electrons. The zero-order valence-electron chi connectivity index (χ0n) is 18.6. The number of ether oxygens (including phenoxy) is 2. The number of aromatic nitrogens is 3. The van der Waals surface area contributed by atoms with Gasteiger partial charge in [-0.05, 0) is 56.3 Å². The Balaban J connectivity index is 1.35. The summed E-state index contributed by atoms with van der Waals surface area (Å²) in [6.07, 6.45) is 0. The Morgan fingerprint density at radius 1 is 1.00 bits per heavy atom. The topological polar surface area (TPSA) is 96.5 Å². The van der Waals surface area contributed by atoms with E-state index < -0.39 is 5.97 Å². The minimum Gasteiger partial charge on any atom is -0.485 e. The van der Waals surface area contributed by atoms with Crippen LogP contribution in [-0.2, 0) is 11.3 Å². The number of carbonyl (C=O) groups is 2. The van der Waals surface area contributed by atoms with Crippen molar-refractivity contribution in [3.8, 4) is 11.4 Å². The van der Waals surface area contributed by atoms with Crippen molar-refractivity contribution in [2.45, 2.75) is 27.4 Å². The largest absolute Gasteiger partial charge is 0.485 e. The number of benzene rings is 2. The first-order valence-electron chi connectivity index (χ1n) is 10.4. The van der Waals surface area contributed by atoms with Crippen LogP contribution in [0.25, 0.3) is 5.69 Å². The van der Waals surface area contributed by atoms with Crippen molar-refractivity contribution in [3.63, 3.8) is 0 Å². The summed E-state index contributed by atoms with van der Waals surface area (Å²) in [6.45, 7) is 5.32. The molecule has 2 aromatic heterocycles. The smallest absolute Gasteiger partial charge is 0.338 e. The van der Waals surface area contributed by atoms with Crippen molar-refractivity contribution in [3.05, 3.63) is 94.9 Å². The Morgan fingerprint density at radius 3 is 2.39 bits per heavy atom. The quantitative estimate of drug-likeness (QED) is 0.293. The van der Waals surface area contributed by atoms with Gasteiger partial charge in [-0.3, -0.25) is 4.79 Å². The molecule has 4 rings (SSSR count). The highest BCUT2D eigenvalue weighted by atomic mass is 16.5. The molecule has 8 heteroatoms. The number of hydrogen-bond acceptors (Lipinski definition) is 7. The second kappa shape index (κ2) is 9.52. The molecule has 0 aliphatic rings. The molecule has 2 aromatic carbocycles. The number of aryl methyl sites for hydroxylation is 2. The van der Waals surface area contributed by atoms with E-state index in [9.17, 15) is 9.59 Å². The summed E-state index contributed by atoms with van der Waals surface area (Å²) in [4.78, 5) is 29.2. The number of carbonyl (C=O) groups excluding carboxylic acids is 2. The second-order valence-corrected chi connectivity index (χ2v) is 7.50. The summed E-state index contributed by atoms with van der Waals surface area (Å²) in [5, 5.41) is 3.75. The maximum atomic E-state index is 12.7. The summed E-state index contributed by atoms with van der Waals surface area (Å²) >= 11 is 0. The monoisotopic (exact) mass is 445 g/mol. The lowest BCUT2D eigenvalue weighted by Gasteiger charge is -2.10. The van der Waals surface area contributed by atoms with Crippen LogP contribution in [-0.4, -0.2) is 33.1 Å². The van der Waals surface area contributed by atoms with Gasteiger partial charge in [0.2, 0.25) is 17.5 Å². The summed E-state index contributed by atoms with van der Waals surface area (Å²) in [5.41, 5.74) is 3.56. The third kappa shape index (κ3) is 5.01. The minimum absolute atomic E-state index is 0.150. The predicted octanol–water partition coefficient (Wildman–Crippen LogP) is 4.40. The van der Waals surface area contributed by atoms with Crippen LogP contribution in [0.4, 0.5) is 0 Å². The van der Waals surface area contributed by atoms with Crippen LogP contribution >= 0.6 is 0 Å². The van der Waals surface area contributed by atoms with E-state index >= 15 is 0 Å². The van der Waals surface area contributed by atoms with Crippen molar-refractivity contribution in [2.24, 2.45) is 0 Å². The van der Waals surface area contributed by atoms with Crippen LogP contribution in [0.2, 0.25) is 0 Å². The first-order chi connectivity index (χ1) is 15.9. The van der Waals surface area contributed by atoms with E-state index in [0.29, 0.717) is 28.6 Å². The minimum atomic E-state index is -0.583. The zero-order chi connectivity index (χ0) is 23.4. The molecule has 33 heavy (non-hydrogen) atoms. The fourth-order valence-corrected chi connectivity index (χ4v) is 3.55. The molecule has 0 radical (unpaired) electrons. The van der Waals surface area contributed by atoms with E-state index in [1.807, 2.05) is 54.8 Å². The Kier molecular flexibility index (Phi) is 6.35. The van der Waals surface area contributed by atoms with Gasteiger partial charge < -0.3 is 18.6 Å². The van der Waals surface area contributed by atoms with Gasteiger partial charge in [-0.2, -0.15) is 4.98 Å². The second-order valence-electron chi connectivity index (χ2n) is 7.50. The van der Waals surface area contributed by atoms with E-state index in [4.69, 9.17) is 14.0 Å². The van der Waals surface area contributed by atoms with Gasteiger partial charge in [0.05, 0.1) is 5.56 Å². The number of Topliss-reactive ketones (excluding diaryl/α,β-unsaturated/α-hetero) is 1. The molecule has 0 bridgehead atoms. The normalized spacial score (nSPS) is 10.8. The molecule has 0 saturated heterocycles. The molecule has 2 heterocycles. The van der Waals surface area contributed by atoms with E-state index in [1.165, 1.54) is 0 Å². The highest BCUT2D eigenvalue weighted by Gasteiger charge is 2.18. The SMILES string of the molecule is Cc1nc(COc2ccc(C(=O)OCC(=O)c3cc(C)n(-c4ccccc4)c3C)cc2)no1. The Morgan fingerprint density at radius 2 is 1.73 bits per heavy atom. The summed E-state index contributed by atoms with van der Waals surface area (Å²) in [6, 6.07) is 18.0. The van der Waals surface area contributed by atoms with Gasteiger partial charge in [-0.1, -0.05) is 23.4 Å². The molecule has 0 fully saturated rings. The number of nitrogens with zero attached hydrogens (tertiary/aromatic N) is 3. The molecular formula is C25H23N3O5. The van der Waals surface area contributed by atoms with Crippen LogP contribution in [0.15, 0.2) is 65.2 Å². The average molecular weight is 445 g/mol. The highest BCUT2D eigenvalue weighted by Crippen LogP contribution is 2.21. The molecule has 0 aliphatic carbocycles. The van der Waals surface area contributed by atoms with E-state index in [2.05, 4.69) is 10.1 Å². The summed E-state index contributed by atoms with van der Waals surface area (Å²) in [7, 11) is 0. The highest BCUT2D eigenvalue weighted by molar-refractivity contribution is 6.00. The van der Waals surface area contributed by atoms with Gasteiger partial charge in [0.1, 0.15) is 5.75 Å². The first kappa shape index (κ1) is 22.0. The van der Waals surface area contributed by atoms with E-state index in [1.54, 1.807) is 31.2 Å². The van der Waals surface area contributed by atoms with Gasteiger partial charge in [0.15, 0.2) is 13.2 Å². The first-order valence-corrected chi connectivity index (χ1v) is 10.4. The van der Waals surface area contributed by atoms with Crippen molar-refractivity contribution < 1.29 is 23.6 Å². The molecule has 0 N–H and O–H groups in total. The molecule has 0 atom stereocenters. The van der Waals surface area contributed by atoms with Crippen LogP contribution in [0, 0.1) is 20.8 Å². The van der Waals surface area contributed by atoms with Gasteiger partial charge in [0, 0.05) is 29.6 Å². The third-order valence-electron chi connectivity index (χ3n) is 5.11. The van der Waals surface area contributed by atoms with Gasteiger partial charge in [-0.25, -0.2) is 4.79 Å². The molecule has 0 saturated carbocycles. The van der Waals surface area contributed by atoms with Gasteiger partial charge in [0.25, 0.3) is 0 Å². The van der Waals surface area contributed by atoms with Crippen LogP contribution in [0.3, 0.4) is 0 Å². The Labute approximate surface area is 190 Å². The molecule has 0 amide bonds. The molecular weight excluding hydrogens is 422 g/mol. The Bertz CT molecular complexity index is 1270. The van der Waals surface area contributed by atoms with Gasteiger partial charge >= 0.3 is 5.97 Å². The van der Waals surface area contributed by atoms with Crippen LogP contribution in [0.1, 0.15) is 43.8 Å². The molecule has 4 aromatic rings. The maximum absolute atomic E-state index is 12.7. The predicted molar refractivity (Wildman–Crippen MR) is 120 cm³/mol. The fraction of sp³-hybridized carbons (Fsp3) is 0.200. The molecule has 0 aliphatic heterocycles. The van der Waals surface area contributed by atoms with E-state index in [-0.39, 0.29) is 19.0 Å². The summed E-state index contributed by atoms with van der Waals surface area (Å²) < 4.78 is 17.7. The van der Waals surface area contributed by atoms with Crippen molar-refractivity contribution in [1.82, 2.24) is 14.7 Å². The van der Waals surface area contributed by atoms with Gasteiger partial charge in [-0.15, -0.1) is 0 Å². The Hall–Kier alpha value is -4.20. The molecule has 8 nitrogen and oxygen atoms in total. The molecule has 0 unspecified atom stereocenters. The fourth-order valence-electron chi connectivity index (χ4n) is 3.55. The lowest BCUT2D eigenvalue weighted by Crippen LogP contribution is -2.15. The van der Waals surface area contributed by atoms with Crippen LogP contribution < -0.4 is 4.74 Å². The van der Waals surface area contributed by atoms with Crippen molar-refractivity contribution in [1.29, 1.82) is 0 Å². The third-order valence-corrected chi connectivity index (χ3v) is 5.11. The lowest BCUT2D eigenvalue weighted by molar-refractivity contribution is 0.0474. The maximum Gasteiger partial charge on any atom is 0.338 e. The number of ketones is 1. The van der Waals surface area contributed by atoms with E-state index in [0.717, 1.165) is 17.1 Å². The number of esters is 1. The van der Waals surface area contributed by atoms with Crippen molar-refractivity contribution >= 4 is 11.8 Å². The average Bonchev–Trinajstić information content (AvgIpc) is 3.38. The van der Waals surface area contributed by atoms with Crippen LogP contribution in [0.5, 0.6) is 5.75 Å². The zero-order valence-corrected chi connectivity index (χ0v) is 18.6. The lowest BCUT2D eigenvalue weighted by atomic mass is 10.1. The number of para-hydroxylation sites is 1. The number of rotatable bonds is 8. The number of hydrogen-bond donors (Lipinski definition) is 0. The molecule has 0 spiro atoms. The standard InChI is InChI=1S/C25H23N3O5/c1-16-13-22(17(2)28(16)20-7-5-4-6-8-20)23(29)14-32-25(30)19-9-11-21(12-10-19)31-15-24-26-18(3)33-27-24/h4-13H,14-15H2,1-3H3. The van der Waals surface area contributed by atoms with Crippen molar-refractivity contribution in [2.75, 3.05) is 6.61 Å².